The zero-order valence-corrected chi connectivity index (χ0v) is 20.2. The normalized spacial score (nSPS) is 14.3. The van der Waals surface area contributed by atoms with E-state index in [1.807, 2.05) is 18.2 Å². The first-order valence-electron chi connectivity index (χ1n) is 12.4. The van der Waals surface area contributed by atoms with Crippen LogP contribution in [0.15, 0.2) is 72.9 Å². The van der Waals surface area contributed by atoms with Crippen molar-refractivity contribution in [2.24, 2.45) is 0 Å². The van der Waals surface area contributed by atoms with Crippen LogP contribution in [-0.4, -0.2) is 59.6 Å². The van der Waals surface area contributed by atoms with Crippen LogP contribution >= 0.6 is 0 Å². The number of carbonyl (C=O) groups excluding carboxylic acids is 1. The lowest BCUT2D eigenvalue weighted by Gasteiger charge is -2.26. The molecule has 0 bridgehead atoms. The summed E-state index contributed by atoms with van der Waals surface area (Å²) in [5, 5.41) is 3.09. The van der Waals surface area contributed by atoms with Gasteiger partial charge in [0.2, 0.25) is 5.91 Å². The van der Waals surface area contributed by atoms with Gasteiger partial charge in [-0.25, -0.2) is 4.98 Å². The first kappa shape index (κ1) is 23.3. The van der Waals surface area contributed by atoms with E-state index >= 15 is 0 Å². The lowest BCUT2D eigenvalue weighted by molar-refractivity contribution is -0.121. The molecular weight excluding hydrogens is 436 g/mol. The van der Waals surface area contributed by atoms with Gasteiger partial charge in [0.25, 0.3) is 0 Å². The van der Waals surface area contributed by atoms with E-state index in [9.17, 15) is 4.79 Å². The maximum Gasteiger partial charge on any atom is 0.220 e. The molecule has 0 spiro atoms. The number of ether oxygens (including phenoxy) is 1. The van der Waals surface area contributed by atoms with Gasteiger partial charge in [-0.2, -0.15) is 0 Å². The van der Waals surface area contributed by atoms with Crippen LogP contribution in [-0.2, 0) is 16.0 Å². The highest BCUT2D eigenvalue weighted by Crippen LogP contribution is 2.29. The molecule has 5 rings (SSSR count). The fraction of sp³-hybridized carbons (Fsp3) is 0.310. The standard InChI is InChI=1S/C29H32N4O2/c1-22-7-5-6-10-25(22)24-11-13-27-31-29(23-8-3-2-4-9-23)26(33(27)21-24)12-14-28(34)30-15-16-32-17-19-35-20-18-32/h2-11,13,21H,12,14-20H2,1H3,(H,30,34). The van der Waals surface area contributed by atoms with Gasteiger partial charge in [0.15, 0.2) is 0 Å². The number of amides is 1. The summed E-state index contributed by atoms with van der Waals surface area (Å²) in [6.07, 6.45) is 3.19. The quantitative estimate of drug-likeness (QED) is 0.418. The third-order valence-corrected chi connectivity index (χ3v) is 6.66. The zero-order chi connectivity index (χ0) is 24.0. The number of hydrogen-bond acceptors (Lipinski definition) is 4. The summed E-state index contributed by atoms with van der Waals surface area (Å²) in [7, 11) is 0. The van der Waals surface area contributed by atoms with Crippen molar-refractivity contribution in [1.82, 2.24) is 19.6 Å². The van der Waals surface area contributed by atoms with Gasteiger partial charge in [-0.1, -0.05) is 54.6 Å². The van der Waals surface area contributed by atoms with Crippen molar-refractivity contribution in [3.05, 3.63) is 84.2 Å². The Hall–Kier alpha value is -3.48. The molecule has 0 atom stereocenters. The molecule has 0 radical (unpaired) electrons. The second kappa shape index (κ2) is 10.8. The van der Waals surface area contributed by atoms with Crippen LogP contribution in [0.1, 0.15) is 17.7 Å². The highest BCUT2D eigenvalue weighted by Gasteiger charge is 2.17. The van der Waals surface area contributed by atoms with Crippen LogP contribution in [0.4, 0.5) is 0 Å². The topological polar surface area (TPSA) is 58.9 Å². The van der Waals surface area contributed by atoms with Gasteiger partial charge >= 0.3 is 0 Å². The predicted molar refractivity (Wildman–Crippen MR) is 139 cm³/mol. The molecule has 0 unspecified atom stereocenters. The summed E-state index contributed by atoms with van der Waals surface area (Å²) in [6, 6.07) is 22.8. The number of nitrogens with one attached hydrogen (secondary N) is 1. The Morgan fingerprint density at radius 3 is 2.54 bits per heavy atom. The SMILES string of the molecule is Cc1ccccc1-c1ccc2nc(-c3ccccc3)c(CCC(=O)NCCN3CCOCC3)n2c1. The number of rotatable bonds is 8. The summed E-state index contributed by atoms with van der Waals surface area (Å²) in [4.78, 5) is 20.0. The fourth-order valence-corrected chi connectivity index (χ4v) is 4.71. The Labute approximate surface area is 206 Å². The molecule has 6 heteroatoms. The Kier molecular flexibility index (Phi) is 7.21. The van der Waals surface area contributed by atoms with Crippen molar-refractivity contribution in [1.29, 1.82) is 0 Å². The molecule has 2 aromatic heterocycles. The number of imidazole rings is 1. The molecule has 1 N–H and O–H groups in total. The van der Waals surface area contributed by atoms with Crippen LogP contribution in [0.2, 0.25) is 0 Å². The third kappa shape index (κ3) is 5.45. The van der Waals surface area contributed by atoms with E-state index in [-0.39, 0.29) is 5.91 Å². The monoisotopic (exact) mass is 468 g/mol. The molecule has 2 aromatic carbocycles. The largest absolute Gasteiger partial charge is 0.379 e. The average molecular weight is 469 g/mol. The van der Waals surface area contributed by atoms with Crippen molar-refractivity contribution in [3.8, 4) is 22.4 Å². The summed E-state index contributed by atoms with van der Waals surface area (Å²) in [6.45, 7) is 7.06. The van der Waals surface area contributed by atoms with Gasteiger partial charge in [0.05, 0.1) is 24.6 Å². The summed E-state index contributed by atoms with van der Waals surface area (Å²) >= 11 is 0. The number of hydrogen-bond donors (Lipinski definition) is 1. The van der Waals surface area contributed by atoms with Crippen molar-refractivity contribution in [2.75, 3.05) is 39.4 Å². The number of aryl methyl sites for hydroxylation is 2. The molecule has 1 amide bonds. The van der Waals surface area contributed by atoms with Crippen molar-refractivity contribution in [2.45, 2.75) is 19.8 Å². The Balaban J connectivity index is 1.38. The predicted octanol–water partition coefficient (Wildman–Crippen LogP) is 4.36. The molecule has 1 saturated heterocycles. The zero-order valence-electron chi connectivity index (χ0n) is 20.2. The smallest absolute Gasteiger partial charge is 0.220 e. The summed E-state index contributed by atoms with van der Waals surface area (Å²) in [5.41, 5.74) is 7.54. The van der Waals surface area contributed by atoms with Crippen molar-refractivity contribution >= 4 is 11.6 Å². The molecule has 180 valence electrons. The molecule has 4 aromatic rings. The second-order valence-electron chi connectivity index (χ2n) is 9.04. The molecule has 0 aliphatic carbocycles. The number of pyridine rings is 1. The third-order valence-electron chi connectivity index (χ3n) is 6.66. The second-order valence-corrected chi connectivity index (χ2v) is 9.04. The van der Waals surface area contributed by atoms with Crippen LogP contribution in [0, 0.1) is 6.92 Å². The summed E-state index contributed by atoms with van der Waals surface area (Å²) in [5.74, 6) is 0.0716. The van der Waals surface area contributed by atoms with Crippen LogP contribution in [0.25, 0.3) is 28.0 Å². The molecule has 3 heterocycles. The summed E-state index contributed by atoms with van der Waals surface area (Å²) < 4.78 is 7.55. The Morgan fingerprint density at radius 2 is 1.74 bits per heavy atom. The van der Waals surface area contributed by atoms with Crippen LogP contribution in [0.5, 0.6) is 0 Å². The van der Waals surface area contributed by atoms with E-state index in [0.717, 1.165) is 61.0 Å². The number of carbonyl (C=O) groups is 1. The molecule has 1 aliphatic heterocycles. The van der Waals surface area contributed by atoms with E-state index in [1.54, 1.807) is 0 Å². The molecule has 1 fully saturated rings. The van der Waals surface area contributed by atoms with Gasteiger partial charge in [0, 0.05) is 44.4 Å². The van der Waals surface area contributed by atoms with Gasteiger partial charge in [-0.05, 0) is 42.2 Å². The van der Waals surface area contributed by atoms with E-state index in [4.69, 9.17) is 9.72 Å². The minimum atomic E-state index is 0.0716. The maximum atomic E-state index is 12.7. The van der Waals surface area contributed by atoms with E-state index in [2.05, 4.69) is 76.3 Å². The number of morpholine rings is 1. The fourth-order valence-electron chi connectivity index (χ4n) is 4.71. The van der Waals surface area contributed by atoms with Crippen LogP contribution < -0.4 is 5.32 Å². The first-order chi connectivity index (χ1) is 17.2. The van der Waals surface area contributed by atoms with E-state index < -0.39 is 0 Å². The molecule has 35 heavy (non-hydrogen) atoms. The van der Waals surface area contributed by atoms with Crippen molar-refractivity contribution < 1.29 is 9.53 Å². The van der Waals surface area contributed by atoms with E-state index in [0.29, 0.717) is 19.4 Å². The van der Waals surface area contributed by atoms with E-state index in [1.165, 1.54) is 11.1 Å². The Bertz CT molecular complexity index is 1290. The lowest BCUT2D eigenvalue weighted by Crippen LogP contribution is -2.41. The average Bonchev–Trinajstić information content (AvgIpc) is 3.27. The first-order valence-corrected chi connectivity index (χ1v) is 12.4. The number of benzene rings is 2. The minimum Gasteiger partial charge on any atom is -0.379 e. The number of fused-ring (bicyclic) bond motifs is 1. The Morgan fingerprint density at radius 1 is 0.971 bits per heavy atom. The molecule has 0 saturated carbocycles. The van der Waals surface area contributed by atoms with Gasteiger partial charge in [0.1, 0.15) is 5.65 Å². The lowest BCUT2D eigenvalue weighted by atomic mass is 10.0. The number of nitrogens with zero attached hydrogens (tertiary/aromatic N) is 3. The highest BCUT2D eigenvalue weighted by molar-refractivity contribution is 5.77. The van der Waals surface area contributed by atoms with Crippen LogP contribution in [0.3, 0.4) is 0 Å². The molecule has 1 aliphatic rings. The number of aromatic nitrogens is 2. The maximum absolute atomic E-state index is 12.7. The highest BCUT2D eigenvalue weighted by atomic mass is 16.5. The van der Waals surface area contributed by atoms with Crippen molar-refractivity contribution in [3.63, 3.8) is 0 Å². The minimum absolute atomic E-state index is 0.0716. The molecular formula is C29H32N4O2. The van der Waals surface area contributed by atoms with Gasteiger partial charge < -0.3 is 14.5 Å². The molecule has 6 nitrogen and oxygen atoms in total. The van der Waals surface area contributed by atoms with Gasteiger partial charge in [-0.15, -0.1) is 0 Å². The van der Waals surface area contributed by atoms with Gasteiger partial charge in [-0.3, -0.25) is 9.69 Å².